The van der Waals surface area contributed by atoms with Gasteiger partial charge in [-0.2, -0.15) is 0 Å². The van der Waals surface area contributed by atoms with Crippen LogP contribution in [0.1, 0.15) is 31.4 Å². The van der Waals surface area contributed by atoms with Crippen molar-refractivity contribution in [2.45, 2.75) is 32.7 Å². The van der Waals surface area contributed by atoms with Crippen LogP contribution in [-0.2, 0) is 4.79 Å². The highest BCUT2D eigenvalue weighted by Crippen LogP contribution is 2.31. The minimum absolute atomic E-state index is 0.00201. The topological polar surface area (TPSA) is 80.9 Å². The second kappa shape index (κ2) is 6.13. The van der Waals surface area contributed by atoms with Crippen molar-refractivity contribution in [2.75, 3.05) is 0 Å². The molecule has 2 rings (SSSR count). The number of hydrogen-bond donors (Lipinski definition) is 1. The zero-order valence-corrected chi connectivity index (χ0v) is 12.8. The van der Waals surface area contributed by atoms with E-state index < -0.39 is 5.97 Å². The van der Waals surface area contributed by atoms with Gasteiger partial charge in [-0.1, -0.05) is 19.1 Å². The summed E-state index contributed by atoms with van der Waals surface area (Å²) < 4.78 is 2.51. The Bertz CT molecular complexity index is 627. The number of aromatic nitrogens is 4. The molecule has 6 nitrogen and oxygen atoms in total. The standard InChI is InChI=1S/C13H15BrN4O2/c1-3-9(7-11(19)20)18-13(15-16-17-18)10-6-4-5-8(2)12(10)14/h4-6,9H,3,7H2,1-2H3,(H,19,20). The number of carboxylic acid groups (broad SMARTS) is 1. The average molecular weight is 339 g/mol. The van der Waals surface area contributed by atoms with E-state index >= 15 is 0 Å². The Balaban J connectivity index is 2.47. The van der Waals surface area contributed by atoms with Gasteiger partial charge in [-0.25, -0.2) is 4.68 Å². The van der Waals surface area contributed by atoms with Crippen molar-refractivity contribution in [1.82, 2.24) is 20.2 Å². The first kappa shape index (κ1) is 14.6. The fourth-order valence-corrected chi connectivity index (χ4v) is 2.48. The molecule has 106 valence electrons. The van der Waals surface area contributed by atoms with E-state index in [1.54, 1.807) is 4.68 Å². The highest BCUT2D eigenvalue weighted by molar-refractivity contribution is 9.10. The van der Waals surface area contributed by atoms with Gasteiger partial charge in [0.25, 0.3) is 0 Å². The zero-order chi connectivity index (χ0) is 14.7. The van der Waals surface area contributed by atoms with Crippen molar-refractivity contribution >= 4 is 21.9 Å². The Morgan fingerprint density at radius 3 is 2.90 bits per heavy atom. The van der Waals surface area contributed by atoms with E-state index in [0.717, 1.165) is 15.6 Å². The number of carboxylic acids is 1. The lowest BCUT2D eigenvalue weighted by Gasteiger charge is -2.15. The first-order chi connectivity index (χ1) is 9.54. The maximum absolute atomic E-state index is 10.9. The Labute approximate surface area is 124 Å². The second-order valence-electron chi connectivity index (χ2n) is 4.54. The first-order valence-corrected chi connectivity index (χ1v) is 7.09. The van der Waals surface area contributed by atoms with E-state index in [4.69, 9.17) is 5.11 Å². The predicted molar refractivity (Wildman–Crippen MR) is 77.3 cm³/mol. The summed E-state index contributed by atoms with van der Waals surface area (Å²) in [6, 6.07) is 5.56. The third-order valence-electron chi connectivity index (χ3n) is 3.15. The summed E-state index contributed by atoms with van der Waals surface area (Å²) in [5, 5.41) is 20.7. The number of aryl methyl sites for hydroxylation is 1. The van der Waals surface area contributed by atoms with E-state index in [1.165, 1.54) is 0 Å². The molecule has 1 heterocycles. The number of benzene rings is 1. The number of carbonyl (C=O) groups is 1. The molecule has 0 saturated carbocycles. The van der Waals surface area contributed by atoms with Crippen LogP contribution in [0.2, 0.25) is 0 Å². The average Bonchev–Trinajstić information content (AvgIpc) is 2.88. The lowest BCUT2D eigenvalue weighted by molar-refractivity contribution is -0.138. The van der Waals surface area contributed by atoms with Crippen LogP contribution >= 0.6 is 15.9 Å². The molecular weight excluding hydrogens is 324 g/mol. The lowest BCUT2D eigenvalue weighted by atomic mass is 10.1. The summed E-state index contributed by atoms with van der Waals surface area (Å²) in [4.78, 5) is 10.9. The molecule has 0 spiro atoms. The van der Waals surface area contributed by atoms with E-state index in [0.29, 0.717) is 12.2 Å². The molecule has 0 aliphatic heterocycles. The third kappa shape index (κ3) is 2.87. The van der Waals surface area contributed by atoms with Crippen LogP contribution in [0.15, 0.2) is 22.7 Å². The lowest BCUT2D eigenvalue weighted by Crippen LogP contribution is -2.15. The van der Waals surface area contributed by atoms with Crippen LogP contribution in [0.4, 0.5) is 0 Å². The molecule has 0 aliphatic carbocycles. The minimum Gasteiger partial charge on any atom is -0.481 e. The fourth-order valence-electron chi connectivity index (χ4n) is 2.04. The largest absolute Gasteiger partial charge is 0.481 e. The van der Waals surface area contributed by atoms with Crippen molar-refractivity contribution in [3.8, 4) is 11.4 Å². The molecule has 2 aromatic rings. The van der Waals surface area contributed by atoms with E-state index in [2.05, 4.69) is 31.5 Å². The van der Waals surface area contributed by atoms with Gasteiger partial charge in [0.15, 0.2) is 5.82 Å². The van der Waals surface area contributed by atoms with Gasteiger partial charge < -0.3 is 5.11 Å². The summed E-state index contributed by atoms with van der Waals surface area (Å²) >= 11 is 3.53. The number of rotatable bonds is 5. The van der Waals surface area contributed by atoms with E-state index in [-0.39, 0.29) is 12.5 Å². The van der Waals surface area contributed by atoms with Crippen LogP contribution in [0.3, 0.4) is 0 Å². The summed E-state index contributed by atoms with van der Waals surface area (Å²) in [7, 11) is 0. The monoisotopic (exact) mass is 338 g/mol. The van der Waals surface area contributed by atoms with Gasteiger partial charge in [0.2, 0.25) is 0 Å². The molecule has 0 fully saturated rings. The van der Waals surface area contributed by atoms with Gasteiger partial charge in [-0.05, 0) is 51.3 Å². The number of nitrogens with zero attached hydrogens (tertiary/aromatic N) is 4. The van der Waals surface area contributed by atoms with Gasteiger partial charge in [-0.3, -0.25) is 4.79 Å². The molecule has 1 unspecified atom stereocenters. The van der Waals surface area contributed by atoms with Crippen LogP contribution < -0.4 is 0 Å². The Morgan fingerprint density at radius 1 is 1.50 bits per heavy atom. The van der Waals surface area contributed by atoms with Crippen molar-refractivity contribution in [2.24, 2.45) is 0 Å². The molecule has 0 bridgehead atoms. The highest BCUT2D eigenvalue weighted by atomic mass is 79.9. The zero-order valence-electron chi connectivity index (χ0n) is 11.2. The molecule has 0 aliphatic rings. The van der Waals surface area contributed by atoms with E-state index in [9.17, 15) is 4.79 Å². The Morgan fingerprint density at radius 2 is 2.25 bits per heavy atom. The molecule has 1 N–H and O–H groups in total. The SMILES string of the molecule is CCC(CC(=O)O)n1nnnc1-c1cccc(C)c1Br. The molecule has 0 radical (unpaired) electrons. The van der Waals surface area contributed by atoms with Crippen molar-refractivity contribution in [3.05, 3.63) is 28.2 Å². The van der Waals surface area contributed by atoms with Gasteiger partial charge in [0, 0.05) is 10.0 Å². The van der Waals surface area contributed by atoms with Gasteiger partial charge in [0.05, 0.1) is 12.5 Å². The van der Waals surface area contributed by atoms with Gasteiger partial charge in [0.1, 0.15) is 0 Å². The van der Waals surface area contributed by atoms with Crippen molar-refractivity contribution in [1.29, 1.82) is 0 Å². The van der Waals surface area contributed by atoms with Crippen molar-refractivity contribution < 1.29 is 9.90 Å². The van der Waals surface area contributed by atoms with Crippen LogP contribution in [-0.4, -0.2) is 31.3 Å². The fraction of sp³-hybridized carbons (Fsp3) is 0.385. The quantitative estimate of drug-likeness (QED) is 0.906. The molecular formula is C13H15BrN4O2. The first-order valence-electron chi connectivity index (χ1n) is 6.29. The Kier molecular flexibility index (Phi) is 4.49. The Hall–Kier alpha value is -1.76. The highest BCUT2D eigenvalue weighted by Gasteiger charge is 2.21. The number of halogens is 1. The van der Waals surface area contributed by atoms with Crippen LogP contribution in [0.5, 0.6) is 0 Å². The normalized spacial score (nSPS) is 12.3. The molecule has 7 heteroatoms. The minimum atomic E-state index is -0.860. The summed E-state index contributed by atoms with van der Waals surface area (Å²) in [6.45, 7) is 3.90. The molecule has 1 aromatic heterocycles. The third-order valence-corrected chi connectivity index (χ3v) is 4.21. The van der Waals surface area contributed by atoms with Gasteiger partial charge >= 0.3 is 5.97 Å². The van der Waals surface area contributed by atoms with E-state index in [1.807, 2.05) is 32.0 Å². The summed E-state index contributed by atoms with van der Waals surface area (Å²) in [6.07, 6.45) is 0.645. The number of hydrogen-bond acceptors (Lipinski definition) is 4. The van der Waals surface area contributed by atoms with Gasteiger partial charge in [-0.15, -0.1) is 5.10 Å². The number of tetrazole rings is 1. The van der Waals surface area contributed by atoms with Crippen molar-refractivity contribution in [3.63, 3.8) is 0 Å². The molecule has 1 atom stereocenters. The summed E-state index contributed by atoms with van der Waals surface area (Å²) in [5.74, 6) is -0.282. The van der Waals surface area contributed by atoms with Crippen LogP contribution in [0, 0.1) is 6.92 Å². The maximum atomic E-state index is 10.9. The smallest absolute Gasteiger partial charge is 0.305 e. The predicted octanol–water partition coefficient (Wildman–Crippen LogP) is 2.84. The molecule has 0 saturated heterocycles. The maximum Gasteiger partial charge on any atom is 0.305 e. The second-order valence-corrected chi connectivity index (χ2v) is 5.34. The number of aliphatic carboxylic acids is 1. The van der Waals surface area contributed by atoms with Crippen LogP contribution in [0.25, 0.3) is 11.4 Å². The molecule has 20 heavy (non-hydrogen) atoms. The molecule has 1 aromatic carbocycles. The summed E-state index contributed by atoms with van der Waals surface area (Å²) in [5.41, 5.74) is 1.93. The molecule has 0 amide bonds.